The number of allylic oxidation sites excluding steroid dienone is 1. The molecule has 0 heterocycles. The molecular formula is C9H16O. The summed E-state index contributed by atoms with van der Waals surface area (Å²) in [6.45, 7) is 2.20. The predicted molar refractivity (Wildman–Crippen MR) is 43.0 cm³/mol. The van der Waals surface area contributed by atoms with E-state index in [4.69, 9.17) is 4.74 Å². The Hall–Kier alpha value is -0.300. The Balaban J connectivity index is 2.53. The van der Waals surface area contributed by atoms with Gasteiger partial charge in [0.25, 0.3) is 0 Å². The lowest BCUT2D eigenvalue weighted by atomic mass is 9.95. The van der Waals surface area contributed by atoms with Gasteiger partial charge in [0.1, 0.15) is 0 Å². The molecular weight excluding hydrogens is 124 g/mol. The fourth-order valence-electron chi connectivity index (χ4n) is 1.55. The van der Waals surface area contributed by atoms with Crippen LogP contribution in [0.3, 0.4) is 0 Å². The Morgan fingerprint density at radius 2 is 2.50 bits per heavy atom. The van der Waals surface area contributed by atoms with Crippen molar-refractivity contribution in [1.29, 1.82) is 0 Å². The van der Waals surface area contributed by atoms with Gasteiger partial charge in [0.05, 0.1) is 6.10 Å². The maximum absolute atomic E-state index is 5.33. The molecule has 0 bridgehead atoms. The number of ether oxygens (including phenoxy) is 1. The summed E-state index contributed by atoms with van der Waals surface area (Å²) in [5.41, 5.74) is 1.49. The second-order valence-electron chi connectivity index (χ2n) is 2.79. The van der Waals surface area contributed by atoms with Gasteiger partial charge in [-0.15, -0.1) is 0 Å². The SMILES string of the molecule is CCC1=CCCCC1OC. The summed E-state index contributed by atoms with van der Waals surface area (Å²) in [5, 5.41) is 0. The molecule has 1 aliphatic carbocycles. The minimum Gasteiger partial charge on any atom is -0.377 e. The summed E-state index contributed by atoms with van der Waals surface area (Å²) < 4.78 is 5.33. The molecule has 0 saturated carbocycles. The van der Waals surface area contributed by atoms with E-state index >= 15 is 0 Å². The third-order valence-electron chi connectivity index (χ3n) is 2.18. The van der Waals surface area contributed by atoms with Gasteiger partial charge in [-0.2, -0.15) is 0 Å². The fraction of sp³-hybridized carbons (Fsp3) is 0.778. The molecule has 0 fully saturated rings. The lowest BCUT2D eigenvalue weighted by molar-refractivity contribution is 0.115. The number of methoxy groups -OCH3 is 1. The highest BCUT2D eigenvalue weighted by Gasteiger charge is 2.14. The number of hydrogen-bond donors (Lipinski definition) is 0. The summed E-state index contributed by atoms with van der Waals surface area (Å²) in [5.74, 6) is 0. The summed E-state index contributed by atoms with van der Waals surface area (Å²) >= 11 is 0. The molecule has 1 atom stereocenters. The zero-order valence-corrected chi connectivity index (χ0v) is 6.89. The van der Waals surface area contributed by atoms with Gasteiger partial charge in [0.2, 0.25) is 0 Å². The van der Waals surface area contributed by atoms with Gasteiger partial charge in [-0.25, -0.2) is 0 Å². The molecule has 0 aromatic heterocycles. The zero-order chi connectivity index (χ0) is 7.40. The quantitative estimate of drug-likeness (QED) is 0.535. The Kier molecular flexibility index (Phi) is 2.94. The van der Waals surface area contributed by atoms with Crippen molar-refractivity contribution in [3.63, 3.8) is 0 Å². The van der Waals surface area contributed by atoms with Crippen LogP contribution in [-0.4, -0.2) is 13.2 Å². The molecule has 0 saturated heterocycles. The minimum atomic E-state index is 0.429. The highest BCUT2D eigenvalue weighted by molar-refractivity contribution is 5.10. The molecule has 58 valence electrons. The smallest absolute Gasteiger partial charge is 0.0781 e. The van der Waals surface area contributed by atoms with Crippen LogP contribution in [0.15, 0.2) is 11.6 Å². The van der Waals surface area contributed by atoms with Crippen molar-refractivity contribution in [2.24, 2.45) is 0 Å². The van der Waals surface area contributed by atoms with Gasteiger partial charge in [0, 0.05) is 7.11 Å². The molecule has 0 aromatic rings. The van der Waals surface area contributed by atoms with Crippen molar-refractivity contribution >= 4 is 0 Å². The highest BCUT2D eigenvalue weighted by atomic mass is 16.5. The molecule has 1 nitrogen and oxygen atoms in total. The third kappa shape index (κ3) is 1.60. The van der Waals surface area contributed by atoms with Gasteiger partial charge in [0.15, 0.2) is 0 Å². The molecule has 0 spiro atoms. The molecule has 10 heavy (non-hydrogen) atoms. The Morgan fingerprint density at radius 1 is 1.70 bits per heavy atom. The zero-order valence-electron chi connectivity index (χ0n) is 6.89. The molecule has 0 aromatic carbocycles. The monoisotopic (exact) mass is 140 g/mol. The Labute approximate surface area is 63.1 Å². The van der Waals surface area contributed by atoms with Crippen molar-refractivity contribution in [2.75, 3.05) is 7.11 Å². The molecule has 0 radical (unpaired) electrons. The van der Waals surface area contributed by atoms with Crippen LogP contribution in [0.1, 0.15) is 32.6 Å². The average Bonchev–Trinajstić information content (AvgIpc) is 2.04. The standard InChI is InChI=1S/C9H16O/c1-3-8-6-4-5-7-9(8)10-2/h6,9H,3-5,7H2,1-2H3. The van der Waals surface area contributed by atoms with E-state index in [0.29, 0.717) is 6.10 Å². The average molecular weight is 140 g/mol. The third-order valence-corrected chi connectivity index (χ3v) is 2.18. The van der Waals surface area contributed by atoms with E-state index in [1.165, 1.54) is 24.8 Å². The second kappa shape index (κ2) is 3.77. The normalized spacial score (nSPS) is 26.2. The van der Waals surface area contributed by atoms with Crippen LogP contribution in [0, 0.1) is 0 Å². The Bertz CT molecular complexity index is 127. The van der Waals surface area contributed by atoms with Crippen molar-refractivity contribution in [1.82, 2.24) is 0 Å². The molecule has 1 heteroatoms. The summed E-state index contributed by atoms with van der Waals surface area (Å²) in [4.78, 5) is 0. The van der Waals surface area contributed by atoms with E-state index in [9.17, 15) is 0 Å². The summed E-state index contributed by atoms with van der Waals surface area (Å²) in [6, 6.07) is 0. The summed E-state index contributed by atoms with van der Waals surface area (Å²) in [7, 11) is 1.81. The molecule has 0 N–H and O–H groups in total. The maximum Gasteiger partial charge on any atom is 0.0781 e. The van der Waals surface area contributed by atoms with Gasteiger partial charge in [-0.1, -0.05) is 13.0 Å². The van der Waals surface area contributed by atoms with E-state index in [1.54, 1.807) is 7.11 Å². The maximum atomic E-state index is 5.33. The van der Waals surface area contributed by atoms with Crippen molar-refractivity contribution in [2.45, 2.75) is 38.7 Å². The van der Waals surface area contributed by atoms with Crippen molar-refractivity contribution in [3.8, 4) is 0 Å². The molecule has 1 rings (SSSR count). The van der Waals surface area contributed by atoms with Crippen LogP contribution in [0.25, 0.3) is 0 Å². The predicted octanol–water partition coefficient (Wildman–Crippen LogP) is 2.52. The van der Waals surface area contributed by atoms with Crippen molar-refractivity contribution in [3.05, 3.63) is 11.6 Å². The highest BCUT2D eigenvalue weighted by Crippen LogP contribution is 2.22. The number of hydrogen-bond acceptors (Lipinski definition) is 1. The van der Waals surface area contributed by atoms with E-state index < -0.39 is 0 Å². The molecule has 0 aliphatic heterocycles. The molecule has 0 amide bonds. The van der Waals surface area contributed by atoms with Gasteiger partial charge in [-0.05, 0) is 31.3 Å². The van der Waals surface area contributed by atoms with Crippen LogP contribution in [0.4, 0.5) is 0 Å². The Morgan fingerprint density at radius 3 is 3.00 bits per heavy atom. The van der Waals surface area contributed by atoms with Crippen LogP contribution >= 0.6 is 0 Å². The lowest BCUT2D eigenvalue weighted by Gasteiger charge is -2.21. The first kappa shape index (κ1) is 7.80. The van der Waals surface area contributed by atoms with Crippen LogP contribution in [0.2, 0.25) is 0 Å². The molecule has 1 unspecified atom stereocenters. The first-order chi connectivity index (χ1) is 4.88. The lowest BCUT2D eigenvalue weighted by Crippen LogP contribution is -2.16. The van der Waals surface area contributed by atoms with Crippen LogP contribution in [-0.2, 0) is 4.74 Å². The molecule has 1 aliphatic rings. The van der Waals surface area contributed by atoms with Crippen molar-refractivity contribution < 1.29 is 4.74 Å². The van der Waals surface area contributed by atoms with E-state index in [2.05, 4.69) is 13.0 Å². The number of rotatable bonds is 2. The largest absolute Gasteiger partial charge is 0.377 e. The van der Waals surface area contributed by atoms with Gasteiger partial charge < -0.3 is 4.74 Å². The fourth-order valence-corrected chi connectivity index (χ4v) is 1.55. The second-order valence-corrected chi connectivity index (χ2v) is 2.79. The van der Waals surface area contributed by atoms with Crippen LogP contribution in [0.5, 0.6) is 0 Å². The van der Waals surface area contributed by atoms with E-state index in [0.717, 1.165) is 6.42 Å². The van der Waals surface area contributed by atoms with Gasteiger partial charge >= 0.3 is 0 Å². The van der Waals surface area contributed by atoms with E-state index in [-0.39, 0.29) is 0 Å². The first-order valence-corrected chi connectivity index (χ1v) is 4.10. The van der Waals surface area contributed by atoms with Gasteiger partial charge in [-0.3, -0.25) is 0 Å². The van der Waals surface area contributed by atoms with E-state index in [1.807, 2.05) is 0 Å². The van der Waals surface area contributed by atoms with Crippen LogP contribution < -0.4 is 0 Å². The summed E-state index contributed by atoms with van der Waals surface area (Å²) in [6.07, 6.45) is 7.68. The minimum absolute atomic E-state index is 0.429. The first-order valence-electron chi connectivity index (χ1n) is 4.10. The topological polar surface area (TPSA) is 9.23 Å².